The second-order valence-electron chi connectivity index (χ2n) is 6.90. The molecule has 4 heteroatoms. The van der Waals surface area contributed by atoms with Gasteiger partial charge < -0.3 is 10.6 Å². The summed E-state index contributed by atoms with van der Waals surface area (Å²) in [7, 11) is 1.87. The molecule has 4 rings (SSSR count). The van der Waals surface area contributed by atoms with Crippen LogP contribution in [0.25, 0.3) is 11.1 Å². The number of benzene rings is 1. The van der Waals surface area contributed by atoms with Crippen molar-refractivity contribution in [2.75, 3.05) is 11.9 Å². The maximum Gasteiger partial charge on any atom is 0.226 e. The zero-order valence-electron chi connectivity index (χ0n) is 14.1. The molecule has 2 aromatic rings. The standard InChI is InChI=1S/C20H23N3O/c1-23-19-9-8-13(10-14(19)4-2-7-20(23)24)16-11-22-12-17-15(16)5-3-6-18(17)21/h8-12,18H,2-7,21H2,1H3. The highest BCUT2D eigenvalue weighted by Crippen LogP contribution is 2.36. The number of amides is 1. The van der Waals surface area contributed by atoms with Gasteiger partial charge in [-0.1, -0.05) is 6.07 Å². The van der Waals surface area contributed by atoms with Crippen molar-refractivity contribution in [2.24, 2.45) is 5.73 Å². The Kier molecular flexibility index (Phi) is 3.85. The molecule has 24 heavy (non-hydrogen) atoms. The van der Waals surface area contributed by atoms with E-state index in [2.05, 4.69) is 23.2 Å². The number of aryl methyl sites for hydroxylation is 1. The van der Waals surface area contributed by atoms with E-state index in [-0.39, 0.29) is 11.9 Å². The van der Waals surface area contributed by atoms with Crippen molar-refractivity contribution in [1.29, 1.82) is 0 Å². The quantitative estimate of drug-likeness (QED) is 0.876. The summed E-state index contributed by atoms with van der Waals surface area (Å²) in [6.45, 7) is 0. The van der Waals surface area contributed by atoms with Crippen LogP contribution in [0, 0.1) is 0 Å². The van der Waals surface area contributed by atoms with Crippen molar-refractivity contribution >= 4 is 11.6 Å². The van der Waals surface area contributed by atoms with Crippen LogP contribution in [0.2, 0.25) is 0 Å². The van der Waals surface area contributed by atoms with Crippen molar-refractivity contribution < 1.29 is 4.79 Å². The summed E-state index contributed by atoms with van der Waals surface area (Å²) >= 11 is 0. The van der Waals surface area contributed by atoms with Gasteiger partial charge in [-0.3, -0.25) is 9.78 Å². The second kappa shape index (κ2) is 6.02. The van der Waals surface area contributed by atoms with Crippen molar-refractivity contribution in [3.8, 4) is 11.1 Å². The molecule has 124 valence electrons. The fourth-order valence-electron chi connectivity index (χ4n) is 4.02. The Balaban J connectivity index is 1.81. The van der Waals surface area contributed by atoms with Gasteiger partial charge in [0.15, 0.2) is 0 Å². The molecule has 0 saturated carbocycles. The lowest BCUT2D eigenvalue weighted by Crippen LogP contribution is -2.24. The molecule has 0 radical (unpaired) electrons. The normalized spacial score (nSPS) is 20.3. The zero-order chi connectivity index (χ0) is 16.7. The Morgan fingerprint density at radius 3 is 2.92 bits per heavy atom. The summed E-state index contributed by atoms with van der Waals surface area (Å²) in [5, 5.41) is 0. The molecule has 1 amide bonds. The molecule has 0 saturated heterocycles. The molecule has 2 aliphatic rings. The van der Waals surface area contributed by atoms with Crippen LogP contribution in [-0.4, -0.2) is 17.9 Å². The fourth-order valence-corrected chi connectivity index (χ4v) is 4.02. The van der Waals surface area contributed by atoms with Crippen LogP contribution in [0.5, 0.6) is 0 Å². The van der Waals surface area contributed by atoms with Gasteiger partial charge in [0.1, 0.15) is 0 Å². The first kappa shape index (κ1) is 15.3. The summed E-state index contributed by atoms with van der Waals surface area (Å²) in [6.07, 6.45) is 9.61. The number of aromatic nitrogens is 1. The van der Waals surface area contributed by atoms with Gasteiger partial charge in [-0.25, -0.2) is 0 Å². The van der Waals surface area contributed by atoms with Crippen molar-refractivity contribution in [2.45, 2.75) is 44.6 Å². The second-order valence-corrected chi connectivity index (χ2v) is 6.90. The molecule has 2 heterocycles. The maximum absolute atomic E-state index is 12.1. The lowest BCUT2D eigenvalue weighted by molar-refractivity contribution is -0.118. The number of anilines is 1. The number of nitrogens with two attached hydrogens (primary N) is 1. The molecule has 2 N–H and O–H groups in total. The Morgan fingerprint density at radius 2 is 2.04 bits per heavy atom. The molecule has 4 nitrogen and oxygen atoms in total. The van der Waals surface area contributed by atoms with E-state index in [1.54, 1.807) is 4.90 Å². The number of pyridine rings is 1. The molecule has 0 spiro atoms. The molecule has 0 bridgehead atoms. The highest BCUT2D eigenvalue weighted by atomic mass is 16.2. The molecule has 0 fully saturated rings. The molecular weight excluding hydrogens is 298 g/mol. The summed E-state index contributed by atoms with van der Waals surface area (Å²) in [4.78, 5) is 18.3. The predicted octanol–water partition coefficient (Wildman–Crippen LogP) is 3.38. The molecule has 1 atom stereocenters. The molecule has 1 aliphatic heterocycles. The van der Waals surface area contributed by atoms with Crippen molar-refractivity contribution in [3.05, 3.63) is 47.3 Å². The Bertz CT molecular complexity index is 799. The van der Waals surface area contributed by atoms with Gasteiger partial charge >= 0.3 is 0 Å². The third-order valence-corrected chi connectivity index (χ3v) is 5.39. The first-order valence-electron chi connectivity index (χ1n) is 8.77. The Morgan fingerprint density at radius 1 is 1.17 bits per heavy atom. The van der Waals surface area contributed by atoms with E-state index in [0.29, 0.717) is 6.42 Å². The lowest BCUT2D eigenvalue weighted by atomic mass is 9.85. The van der Waals surface area contributed by atoms with Gasteiger partial charge in [0, 0.05) is 43.2 Å². The van der Waals surface area contributed by atoms with Crippen LogP contribution in [0.4, 0.5) is 5.69 Å². The van der Waals surface area contributed by atoms with Crippen LogP contribution < -0.4 is 10.6 Å². The average molecular weight is 321 g/mol. The van der Waals surface area contributed by atoms with Crippen LogP contribution in [0.15, 0.2) is 30.6 Å². The largest absolute Gasteiger partial charge is 0.324 e. The first-order chi connectivity index (χ1) is 11.6. The molecule has 1 aliphatic carbocycles. The zero-order valence-corrected chi connectivity index (χ0v) is 14.1. The van der Waals surface area contributed by atoms with Gasteiger partial charge in [0.2, 0.25) is 5.91 Å². The van der Waals surface area contributed by atoms with Gasteiger partial charge in [0.05, 0.1) is 0 Å². The highest BCUT2D eigenvalue weighted by Gasteiger charge is 2.22. The molecule has 1 aromatic heterocycles. The average Bonchev–Trinajstić information content (AvgIpc) is 2.74. The van der Waals surface area contributed by atoms with Gasteiger partial charge in [0.25, 0.3) is 0 Å². The fraction of sp³-hybridized carbons (Fsp3) is 0.400. The SMILES string of the molecule is CN1C(=O)CCCc2cc(-c3cncc4c3CCCC4N)ccc21. The van der Waals surface area contributed by atoms with Crippen LogP contribution >= 0.6 is 0 Å². The number of nitrogens with zero attached hydrogens (tertiary/aromatic N) is 2. The number of hydrogen-bond acceptors (Lipinski definition) is 3. The maximum atomic E-state index is 12.1. The molecule has 1 unspecified atom stereocenters. The lowest BCUT2D eigenvalue weighted by Gasteiger charge is -2.24. The third-order valence-electron chi connectivity index (χ3n) is 5.39. The minimum Gasteiger partial charge on any atom is -0.324 e. The van der Waals surface area contributed by atoms with E-state index in [1.165, 1.54) is 27.8 Å². The molecular formula is C20H23N3O. The Hall–Kier alpha value is -2.20. The van der Waals surface area contributed by atoms with E-state index in [9.17, 15) is 4.79 Å². The molecule has 1 aromatic carbocycles. The minimum absolute atomic E-state index is 0.103. The number of rotatable bonds is 1. The highest BCUT2D eigenvalue weighted by molar-refractivity contribution is 5.94. The number of fused-ring (bicyclic) bond motifs is 2. The van der Waals surface area contributed by atoms with Crippen LogP contribution in [0.3, 0.4) is 0 Å². The minimum atomic E-state index is 0.103. The van der Waals surface area contributed by atoms with Crippen LogP contribution in [-0.2, 0) is 17.6 Å². The summed E-state index contributed by atoms with van der Waals surface area (Å²) < 4.78 is 0. The topological polar surface area (TPSA) is 59.2 Å². The van der Waals surface area contributed by atoms with Crippen LogP contribution in [0.1, 0.15) is 48.4 Å². The summed E-state index contributed by atoms with van der Waals surface area (Å²) in [5.41, 5.74) is 13.5. The predicted molar refractivity (Wildman–Crippen MR) is 95.9 cm³/mol. The van der Waals surface area contributed by atoms with Gasteiger partial charge in [-0.05, 0) is 66.5 Å². The van der Waals surface area contributed by atoms with E-state index in [4.69, 9.17) is 5.73 Å². The van der Waals surface area contributed by atoms with Gasteiger partial charge in [-0.15, -0.1) is 0 Å². The number of carbonyl (C=O) groups excluding carboxylic acids is 1. The van der Waals surface area contributed by atoms with E-state index in [0.717, 1.165) is 37.8 Å². The number of hydrogen-bond donors (Lipinski definition) is 1. The van der Waals surface area contributed by atoms with E-state index < -0.39 is 0 Å². The number of carbonyl (C=O) groups is 1. The van der Waals surface area contributed by atoms with E-state index in [1.807, 2.05) is 19.4 Å². The summed E-state index contributed by atoms with van der Waals surface area (Å²) in [5.74, 6) is 0.200. The third kappa shape index (κ3) is 2.51. The van der Waals surface area contributed by atoms with E-state index >= 15 is 0 Å². The van der Waals surface area contributed by atoms with Crippen molar-refractivity contribution in [3.63, 3.8) is 0 Å². The van der Waals surface area contributed by atoms with Gasteiger partial charge in [-0.2, -0.15) is 0 Å². The Labute approximate surface area is 142 Å². The van der Waals surface area contributed by atoms with Crippen molar-refractivity contribution in [1.82, 2.24) is 4.98 Å². The first-order valence-corrected chi connectivity index (χ1v) is 8.77. The smallest absolute Gasteiger partial charge is 0.226 e. The summed E-state index contributed by atoms with van der Waals surface area (Å²) in [6, 6.07) is 6.54. The monoisotopic (exact) mass is 321 g/mol.